The third-order valence-corrected chi connectivity index (χ3v) is 4.75. The molecule has 3 rings (SSSR count). The van der Waals surface area contributed by atoms with E-state index in [1.807, 2.05) is 42.5 Å². The van der Waals surface area contributed by atoms with Gasteiger partial charge in [-0.3, -0.25) is 9.59 Å². The van der Waals surface area contributed by atoms with Gasteiger partial charge >= 0.3 is 0 Å². The summed E-state index contributed by atoms with van der Waals surface area (Å²) < 4.78 is 11.1. The van der Waals surface area contributed by atoms with Crippen molar-refractivity contribution in [3.05, 3.63) is 83.7 Å². The predicted molar refractivity (Wildman–Crippen MR) is 105 cm³/mol. The Balaban J connectivity index is 1.67. The fourth-order valence-electron chi connectivity index (χ4n) is 3.15. The first-order valence-corrected chi connectivity index (χ1v) is 9.23. The highest BCUT2D eigenvalue weighted by Crippen LogP contribution is 2.26. The highest BCUT2D eigenvalue weighted by atomic mass is 16.5. The van der Waals surface area contributed by atoms with Gasteiger partial charge in [-0.25, -0.2) is 0 Å². The Morgan fingerprint density at radius 3 is 2.57 bits per heavy atom. The molecule has 28 heavy (non-hydrogen) atoms. The van der Waals surface area contributed by atoms with E-state index in [1.54, 1.807) is 7.05 Å². The second kappa shape index (κ2) is 9.08. The molecule has 0 aromatic heterocycles. The number of carbonyl (C=O) groups is 2. The van der Waals surface area contributed by atoms with Crippen molar-refractivity contribution in [2.45, 2.75) is 31.7 Å². The molecule has 2 amide bonds. The lowest BCUT2D eigenvalue weighted by Crippen LogP contribution is -2.42. The third kappa shape index (κ3) is 4.91. The van der Waals surface area contributed by atoms with E-state index in [-0.39, 0.29) is 24.1 Å². The molecule has 0 saturated heterocycles. The molecule has 1 aliphatic heterocycles. The molecule has 1 heterocycles. The number of hydrogen-bond donors (Lipinski definition) is 1. The molecule has 1 aliphatic carbocycles. The quantitative estimate of drug-likeness (QED) is 0.788. The summed E-state index contributed by atoms with van der Waals surface area (Å²) in [5, 5.41) is 0. The Hall–Kier alpha value is -3.28. The number of allylic oxidation sites excluding steroid dienone is 4. The van der Waals surface area contributed by atoms with Crippen LogP contribution in [0.25, 0.3) is 0 Å². The van der Waals surface area contributed by atoms with Crippen LogP contribution in [0.4, 0.5) is 0 Å². The Kier molecular flexibility index (Phi) is 6.32. The molecule has 2 N–H and O–H groups in total. The fourth-order valence-corrected chi connectivity index (χ4v) is 3.15. The summed E-state index contributed by atoms with van der Waals surface area (Å²) in [7, 11) is 1.64. The molecular weight excluding hydrogens is 356 g/mol. The number of rotatable bonds is 7. The Morgan fingerprint density at radius 2 is 1.96 bits per heavy atom. The topological polar surface area (TPSA) is 81.9 Å². The van der Waals surface area contributed by atoms with E-state index in [1.165, 1.54) is 17.4 Å². The number of carbonyl (C=O) groups excluding carboxylic acids is 2. The normalized spacial score (nSPS) is 16.7. The van der Waals surface area contributed by atoms with Gasteiger partial charge in [-0.05, 0) is 30.4 Å². The minimum Gasteiger partial charge on any atom is -0.457 e. The summed E-state index contributed by atoms with van der Waals surface area (Å²) in [5.41, 5.74) is 7.43. The van der Waals surface area contributed by atoms with Crippen molar-refractivity contribution in [3.8, 4) is 0 Å². The maximum atomic E-state index is 12.8. The Morgan fingerprint density at radius 1 is 1.18 bits per heavy atom. The molecular formula is C22H24N2O4. The van der Waals surface area contributed by atoms with Gasteiger partial charge in [0.2, 0.25) is 11.7 Å². The van der Waals surface area contributed by atoms with Crippen molar-refractivity contribution >= 4 is 11.8 Å². The number of nitrogens with two attached hydrogens (primary N) is 1. The smallest absolute Gasteiger partial charge is 0.292 e. The van der Waals surface area contributed by atoms with Crippen LogP contribution in [0.1, 0.15) is 24.8 Å². The molecule has 0 saturated carbocycles. The van der Waals surface area contributed by atoms with E-state index in [4.69, 9.17) is 15.2 Å². The number of ether oxygens (including phenoxy) is 2. The molecule has 0 fully saturated rings. The van der Waals surface area contributed by atoms with Gasteiger partial charge < -0.3 is 20.1 Å². The average molecular weight is 380 g/mol. The van der Waals surface area contributed by atoms with Crippen molar-refractivity contribution in [3.63, 3.8) is 0 Å². The van der Waals surface area contributed by atoms with Crippen LogP contribution in [-0.2, 0) is 25.5 Å². The Labute approximate surface area is 164 Å². The van der Waals surface area contributed by atoms with Gasteiger partial charge in [0.15, 0.2) is 5.76 Å². The fraction of sp³-hybridized carbons (Fsp3) is 0.273. The Bertz CT molecular complexity index is 853. The molecule has 6 heteroatoms. The SMILES string of the molecule is CN(C(=O)C1=COC(C2=CC=CCC2)=CO1)[C@H](CC(N)=O)Cc1ccccc1. The first-order valence-electron chi connectivity index (χ1n) is 9.23. The highest BCUT2D eigenvalue weighted by molar-refractivity contribution is 5.92. The maximum absolute atomic E-state index is 12.8. The molecule has 146 valence electrons. The molecule has 0 bridgehead atoms. The van der Waals surface area contributed by atoms with Gasteiger partial charge in [0, 0.05) is 19.5 Å². The first kappa shape index (κ1) is 19.5. The van der Waals surface area contributed by atoms with Crippen molar-refractivity contribution in [2.24, 2.45) is 5.73 Å². The third-order valence-electron chi connectivity index (χ3n) is 4.75. The van der Waals surface area contributed by atoms with Gasteiger partial charge in [0.25, 0.3) is 5.91 Å². The van der Waals surface area contributed by atoms with Crippen LogP contribution in [0.3, 0.4) is 0 Å². The van der Waals surface area contributed by atoms with Gasteiger partial charge in [0.1, 0.15) is 12.5 Å². The molecule has 1 atom stereocenters. The van der Waals surface area contributed by atoms with Crippen molar-refractivity contribution < 1.29 is 19.1 Å². The van der Waals surface area contributed by atoms with Crippen LogP contribution >= 0.6 is 0 Å². The molecule has 1 aromatic rings. The van der Waals surface area contributed by atoms with E-state index < -0.39 is 5.91 Å². The lowest BCUT2D eigenvalue weighted by Gasteiger charge is -2.28. The second-order valence-electron chi connectivity index (χ2n) is 6.79. The minimum atomic E-state index is -0.463. The van der Waals surface area contributed by atoms with Gasteiger partial charge in [-0.15, -0.1) is 0 Å². The number of hydrogen-bond acceptors (Lipinski definition) is 4. The molecule has 1 aromatic carbocycles. The summed E-state index contributed by atoms with van der Waals surface area (Å²) in [4.78, 5) is 25.8. The zero-order valence-corrected chi connectivity index (χ0v) is 15.8. The monoisotopic (exact) mass is 380 g/mol. The van der Waals surface area contributed by atoms with Crippen LogP contribution in [0.2, 0.25) is 0 Å². The summed E-state index contributed by atoms with van der Waals surface area (Å²) in [5.74, 6) is -0.160. The molecule has 0 spiro atoms. The van der Waals surface area contributed by atoms with Crippen LogP contribution in [0, 0.1) is 0 Å². The number of likely N-dealkylation sites (N-methyl/N-ethyl adjacent to an activating group) is 1. The number of nitrogens with zero attached hydrogens (tertiary/aromatic N) is 1. The minimum absolute atomic E-state index is 0.0611. The summed E-state index contributed by atoms with van der Waals surface area (Å²) in [6.07, 6.45) is 11.2. The van der Waals surface area contributed by atoms with Gasteiger partial charge in [0.05, 0.1) is 0 Å². The number of amides is 2. The standard InChI is InChI=1S/C22H24N2O4/c1-24(18(13-21(23)25)12-16-8-4-2-5-9-16)22(26)20-15-27-19(14-28-20)17-10-6-3-7-11-17/h2-6,8-10,14-15,18H,7,11-13H2,1H3,(H2,23,25)/t18-/m0/s1. The lowest BCUT2D eigenvalue weighted by molar-refractivity contribution is -0.132. The second-order valence-corrected chi connectivity index (χ2v) is 6.79. The highest BCUT2D eigenvalue weighted by Gasteiger charge is 2.27. The predicted octanol–water partition coefficient (Wildman–Crippen LogP) is 2.94. The van der Waals surface area contributed by atoms with E-state index in [2.05, 4.69) is 6.08 Å². The largest absolute Gasteiger partial charge is 0.457 e. The van der Waals surface area contributed by atoms with Crippen molar-refractivity contribution in [1.29, 1.82) is 0 Å². The average Bonchev–Trinajstić information content (AvgIpc) is 2.73. The summed E-state index contributed by atoms with van der Waals surface area (Å²) >= 11 is 0. The molecule has 6 nitrogen and oxygen atoms in total. The van der Waals surface area contributed by atoms with Crippen molar-refractivity contribution in [1.82, 2.24) is 4.90 Å². The van der Waals surface area contributed by atoms with E-state index >= 15 is 0 Å². The van der Waals surface area contributed by atoms with Gasteiger partial charge in [-0.1, -0.05) is 48.6 Å². The van der Waals surface area contributed by atoms with Crippen molar-refractivity contribution in [2.75, 3.05) is 7.05 Å². The van der Waals surface area contributed by atoms with Crippen LogP contribution < -0.4 is 5.73 Å². The molecule has 0 radical (unpaired) electrons. The van der Waals surface area contributed by atoms with Crippen LogP contribution in [-0.4, -0.2) is 29.8 Å². The number of benzene rings is 1. The number of primary amides is 1. The lowest BCUT2D eigenvalue weighted by atomic mass is 10.0. The zero-order chi connectivity index (χ0) is 19.9. The van der Waals surface area contributed by atoms with Crippen LogP contribution in [0.5, 0.6) is 0 Å². The van der Waals surface area contributed by atoms with Gasteiger partial charge in [-0.2, -0.15) is 0 Å². The zero-order valence-electron chi connectivity index (χ0n) is 15.8. The van der Waals surface area contributed by atoms with E-state index in [0.717, 1.165) is 24.0 Å². The van der Waals surface area contributed by atoms with E-state index in [9.17, 15) is 9.59 Å². The van der Waals surface area contributed by atoms with E-state index in [0.29, 0.717) is 12.2 Å². The summed E-state index contributed by atoms with van der Waals surface area (Å²) in [6, 6.07) is 9.27. The molecule has 2 aliphatic rings. The first-order chi connectivity index (χ1) is 13.5. The van der Waals surface area contributed by atoms with Crippen LogP contribution in [0.15, 0.2) is 78.2 Å². The maximum Gasteiger partial charge on any atom is 0.292 e. The summed E-state index contributed by atoms with van der Waals surface area (Å²) in [6.45, 7) is 0. The molecule has 0 unspecified atom stereocenters.